The topological polar surface area (TPSA) is 94.1 Å². The average molecular weight is 412 g/mol. The smallest absolute Gasteiger partial charge is 0.435 e. The van der Waals surface area contributed by atoms with Gasteiger partial charge in [0, 0.05) is 5.56 Å². The first-order valence-electron chi connectivity index (χ1n) is 8.98. The summed E-state index contributed by atoms with van der Waals surface area (Å²) < 4.78 is 50.7. The van der Waals surface area contributed by atoms with E-state index in [0.29, 0.717) is 0 Å². The fraction of sp³-hybridized carbons (Fsp3) is 0.579. The fourth-order valence-electron chi connectivity index (χ4n) is 3.57. The summed E-state index contributed by atoms with van der Waals surface area (Å²) in [5, 5.41) is 2.03. The Morgan fingerprint density at radius 1 is 1.32 bits per heavy atom. The Morgan fingerprint density at radius 2 is 1.96 bits per heavy atom. The minimum absolute atomic E-state index is 0.0682. The van der Waals surface area contributed by atoms with Gasteiger partial charge in [-0.3, -0.25) is 0 Å². The van der Waals surface area contributed by atoms with Crippen molar-refractivity contribution in [1.82, 2.24) is 5.32 Å². The summed E-state index contributed by atoms with van der Waals surface area (Å²) >= 11 is 0. The van der Waals surface area contributed by atoms with E-state index in [0.717, 1.165) is 0 Å². The van der Waals surface area contributed by atoms with Crippen LogP contribution in [0.1, 0.15) is 40.2 Å². The molecule has 9 heteroatoms. The van der Waals surface area contributed by atoms with Crippen molar-refractivity contribution in [1.29, 1.82) is 0 Å². The van der Waals surface area contributed by atoms with E-state index in [4.69, 9.17) is 9.47 Å². The minimum Gasteiger partial charge on any atom is -0.442 e. The van der Waals surface area contributed by atoms with E-state index in [-0.39, 0.29) is 24.6 Å². The van der Waals surface area contributed by atoms with Crippen LogP contribution in [-0.2, 0) is 24.8 Å². The predicted octanol–water partition coefficient (Wildman–Crippen LogP) is 2.55. The van der Waals surface area contributed by atoms with Crippen LogP contribution in [0.3, 0.4) is 0 Å². The van der Waals surface area contributed by atoms with E-state index in [1.807, 2.05) is 0 Å². The number of aliphatic imine (C=N–C) groups is 1. The van der Waals surface area contributed by atoms with Gasteiger partial charge in [0.1, 0.15) is 32.8 Å². The fourth-order valence-corrected chi connectivity index (χ4v) is 5.70. The number of sulfone groups is 1. The monoisotopic (exact) mass is 412 g/mol. The second-order valence-electron chi connectivity index (χ2n) is 8.58. The number of nitrogens with zero attached hydrogens (tertiary/aromatic N) is 1. The molecule has 2 heterocycles. The van der Waals surface area contributed by atoms with E-state index in [1.54, 1.807) is 26.8 Å². The molecular formula is C19H25FN2O5S. The second-order valence-corrected chi connectivity index (χ2v) is 11.3. The van der Waals surface area contributed by atoms with Gasteiger partial charge in [-0.05, 0) is 40.7 Å². The van der Waals surface area contributed by atoms with Gasteiger partial charge in [-0.2, -0.15) is 4.99 Å². The third-order valence-corrected chi connectivity index (χ3v) is 8.00. The van der Waals surface area contributed by atoms with Gasteiger partial charge in [-0.25, -0.2) is 17.6 Å². The van der Waals surface area contributed by atoms with E-state index in [1.165, 1.54) is 32.0 Å². The third-order valence-electron chi connectivity index (χ3n) is 5.10. The van der Waals surface area contributed by atoms with Crippen molar-refractivity contribution in [3.8, 4) is 0 Å². The number of hydrogen-bond acceptors (Lipinski definition) is 5. The first-order chi connectivity index (χ1) is 12.8. The van der Waals surface area contributed by atoms with Crippen molar-refractivity contribution in [3.05, 3.63) is 35.6 Å². The van der Waals surface area contributed by atoms with Crippen LogP contribution in [0.4, 0.5) is 9.18 Å². The molecule has 2 atom stereocenters. The largest absolute Gasteiger partial charge is 0.442 e. The minimum atomic E-state index is -3.89. The SMILES string of the molecule is CC(C)(C)OC(=O)/N=C1/NC2(c3ccccc3F)COCC2S(=O)(=O)C1(C)C. The molecule has 28 heavy (non-hydrogen) atoms. The summed E-state index contributed by atoms with van der Waals surface area (Å²) in [6.45, 7) is 7.83. The highest BCUT2D eigenvalue weighted by molar-refractivity contribution is 7.94. The zero-order valence-electron chi connectivity index (χ0n) is 16.6. The number of carbonyl (C=O) groups excluding carboxylic acids is 1. The zero-order valence-corrected chi connectivity index (χ0v) is 17.4. The lowest BCUT2D eigenvalue weighted by molar-refractivity contribution is 0.0602. The number of rotatable bonds is 1. The number of amides is 1. The first kappa shape index (κ1) is 20.7. The van der Waals surface area contributed by atoms with Crippen LogP contribution in [0, 0.1) is 5.82 Å². The average Bonchev–Trinajstić information content (AvgIpc) is 2.97. The van der Waals surface area contributed by atoms with E-state index in [9.17, 15) is 17.6 Å². The molecule has 0 bridgehead atoms. The van der Waals surface area contributed by atoms with Gasteiger partial charge in [0.25, 0.3) is 0 Å². The van der Waals surface area contributed by atoms with E-state index in [2.05, 4.69) is 10.3 Å². The van der Waals surface area contributed by atoms with Crippen molar-refractivity contribution < 1.29 is 27.1 Å². The summed E-state index contributed by atoms with van der Waals surface area (Å²) in [5.74, 6) is -0.649. The molecule has 2 aliphatic rings. The highest BCUT2D eigenvalue weighted by Crippen LogP contribution is 2.44. The van der Waals surface area contributed by atoms with Crippen molar-refractivity contribution in [2.24, 2.45) is 4.99 Å². The van der Waals surface area contributed by atoms with Crippen LogP contribution >= 0.6 is 0 Å². The molecule has 0 aliphatic carbocycles. The highest BCUT2D eigenvalue weighted by atomic mass is 32.2. The van der Waals surface area contributed by atoms with E-state index >= 15 is 0 Å². The molecule has 0 spiro atoms. The van der Waals surface area contributed by atoms with Crippen LogP contribution in [0.5, 0.6) is 0 Å². The Kier molecular flexibility index (Phi) is 4.83. The van der Waals surface area contributed by atoms with E-state index < -0.39 is 42.9 Å². The molecule has 2 fully saturated rings. The Labute approximate surface area is 164 Å². The lowest BCUT2D eigenvalue weighted by atomic mass is 9.86. The van der Waals surface area contributed by atoms with Crippen molar-refractivity contribution in [3.63, 3.8) is 0 Å². The molecule has 1 N–H and O–H groups in total. The number of nitrogens with one attached hydrogen (secondary N) is 1. The number of hydrogen-bond donors (Lipinski definition) is 1. The lowest BCUT2D eigenvalue weighted by Gasteiger charge is -2.46. The van der Waals surface area contributed by atoms with Gasteiger partial charge >= 0.3 is 6.09 Å². The lowest BCUT2D eigenvalue weighted by Crippen LogP contribution is -2.70. The molecule has 0 aromatic heterocycles. The van der Waals surface area contributed by atoms with Crippen LogP contribution in [0.25, 0.3) is 0 Å². The molecule has 1 aromatic carbocycles. The van der Waals surface area contributed by atoms with Gasteiger partial charge in [0.2, 0.25) is 0 Å². The summed E-state index contributed by atoms with van der Waals surface area (Å²) in [6, 6.07) is 5.93. The Balaban J connectivity index is 2.16. The van der Waals surface area contributed by atoms with Crippen molar-refractivity contribution in [2.45, 2.75) is 55.8 Å². The number of fused-ring (bicyclic) bond motifs is 1. The molecular weight excluding hydrogens is 387 g/mol. The number of benzene rings is 1. The third kappa shape index (κ3) is 3.20. The number of carbonyl (C=O) groups is 1. The van der Waals surface area contributed by atoms with Gasteiger partial charge < -0.3 is 14.8 Å². The van der Waals surface area contributed by atoms with Gasteiger partial charge in [-0.1, -0.05) is 18.2 Å². The maximum Gasteiger partial charge on any atom is 0.435 e. The Bertz CT molecular complexity index is 936. The summed E-state index contributed by atoms with van der Waals surface area (Å²) in [7, 11) is -3.89. The second kappa shape index (κ2) is 6.52. The molecule has 0 radical (unpaired) electrons. The molecule has 1 amide bonds. The van der Waals surface area contributed by atoms with Crippen LogP contribution in [-0.4, -0.2) is 49.2 Å². The molecule has 1 aromatic rings. The van der Waals surface area contributed by atoms with Crippen LogP contribution in [0.15, 0.2) is 29.3 Å². The predicted molar refractivity (Wildman–Crippen MR) is 102 cm³/mol. The summed E-state index contributed by atoms with van der Waals surface area (Å²) in [6.07, 6.45) is -0.917. The maximum atomic E-state index is 14.6. The number of ether oxygens (including phenoxy) is 2. The molecule has 0 saturated carbocycles. The summed E-state index contributed by atoms with van der Waals surface area (Å²) in [5.41, 5.74) is -2.00. The first-order valence-corrected chi connectivity index (χ1v) is 10.5. The molecule has 7 nitrogen and oxygen atoms in total. The van der Waals surface area contributed by atoms with Crippen molar-refractivity contribution in [2.75, 3.05) is 13.2 Å². The number of halogens is 1. The molecule has 2 aliphatic heterocycles. The van der Waals surface area contributed by atoms with Crippen LogP contribution in [0.2, 0.25) is 0 Å². The zero-order chi connectivity index (χ0) is 21.0. The van der Waals surface area contributed by atoms with Gasteiger partial charge in [0.05, 0.1) is 13.2 Å². The van der Waals surface area contributed by atoms with Crippen LogP contribution < -0.4 is 5.32 Å². The molecule has 154 valence electrons. The maximum absolute atomic E-state index is 14.6. The normalized spacial score (nSPS) is 29.8. The van der Waals surface area contributed by atoms with Gasteiger partial charge in [-0.15, -0.1) is 0 Å². The Morgan fingerprint density at radius 3 is 2.57 bits per heavy atom. The van der Waals surface area contributed by atoms with Gasteiger partial charge in [0.15, 0.2) is 9.84 Å². The van der Waals surface area contributed by atoms with Crippen molar-refractivity contribution >= 4 is 21.8 Å². The quantitative estimate of drug-likeness (QED) is 0.762. The molecule has 2 saturated heterocycles. The number of amidine groups is 1. The highest BCUT2D eigenvalue weighted by Gasteiger charge is 2.63. The Hall–Kier alpha value is -2.00. The molecule has 2 unspecified atom stereocenters. The standard InChI is InChI=1S/C19H25FN2O5S/c1-17(2,3)27-16(23)21-15-18(4,5)28(24,25)14-10-26-11-19(14,22-15)12-8-6-7-9-13(12)20/h6-9,14H,10-11H2,1-5H3,(H,21,22,23). The molecule has 3 rings (SSSR count). The summed E-state index contributed by atoms with van der Waals surface area (Å²) in [4.78, 5) is 16.2.